The Kier molecular flexibility index (Phi) is 5.58. The van der Waals surface area contributed by atoms with Gasteiger partial charge in [-0.25, -0.2) is 0 Å². The Morgan fingerprint density at radius 1 is 1.06 bits per heavy atom. The smallest absolute Gasteiger partial charge is 0.141 e. The van der Waals surface area contributed by atoms with Crippen LogP contribution in [0.25, 0.3) is 0 Å². The average Bonchev–Trinajstić information content (AvgIpc) is 2.40. The number of anilines is 2. The number of ether oxygens (including phenoxy) is 1. The molecule has 2 rings (SSSR count). The molecule has 96 valence electrons. The molecule has 0 atom stereocenters. The van der Waals surface area contributed by atoms with Gasteiger partial charge in [0.05, 0.1) is 12.8 Å². The average molecular weight is 244 g/mol. The summed E-state index contributed by atoms with van der Waals surface area (Å²) in [6.07, 6.45) is 0. The van der Waals surface area contributed by atoms with E-state index >= 15 is 0 Å². The molecular weight excluding hydrogens is 224 g/mol. The Hall–Kier alpha value is -2.16. The van der Waals surface area contributed by atoms with Crippen molar-refractivity contribution in [2.45, 2.75) is 6.92 Å². The first-order valence-corrected chi connectivity index (χ1v) is 5.80. The van der Waals surface area contributed by atoms with Crippen molar-refractivity contribution in [2.24, 2.45) is 0 Å². The Labute approximate surface area is 109 Å². The highest BCUT2D eigenvalue weighted by atomic mass is 16.5. The molecule has 0 radical (unpaired) electrons. The van der Waals surface area contributed by atoms with Crippen molar-refractivity contribution < 1.29 is 4.74 Å². The molecule has 3 N–H and O–H groups in total. The zero-order valence-electron chi connectivity index (χ0n) is 11.1. The van der Waals surface area contributed by atoms with Crippen LogP contribution in [0.2, 0.25) is 0 Å². The molecule has 0 fully saturated rings. The summed E-state index contributed by atoms with van der Waals surface area (Å²) < 4.78 is 4.97. The van der Waals surface area contributed by atoms with Gasteiger partial charge in [0, 0.05) is 12.7 Å². The van der Waals surface area contributed by atoms with E-state index in [4.69, 9.17) is 10.5 Å². The van der Waals surface area contributed by atoms with E-state index in [-0.39, 0.29) is 0 Å². The summed E-state index contributed by atoms with van der Waals surface area (Å²) in [5.74, 6) is 0.741. The maximum absolute atomic E-state index is 5.61. The third-order valence-electron chi connectivity index (χ3n) is 2.45. The summed E-state index contributed by atoms with van der Waals surface area (Å²) in [6, 6.07) is 15.8. The largest absolute Gasteiger partial charge is 0.495 e. The van der Waals surface area contributed by atoms with E-state index < -0.39 is 0 Å². The van der Waals surface area contributed by atoms with Gasteiger partial charge in [0.15, 0.2) is 0 Å². The van der Waals surface area contributed by atoms with Gasteiger partial charge in [-0.3, -0.25) is 0 Å². The number of hydrogen-bond donors (Lipinski definition) is 2. The van der Waals surface area contributed by atoms with Gasteiger partial charge in [0.2, 0.25) is 0 Å². The van der Waals surface area contributed by atoms with Gasteiger partial charge >= 0.3 is 0 Å². The number of hydrogen-bond acceptors (Lipinski definition) is 3. The van der Waals surface area contributed by atoms with Gasteiger partial charge in [-0.1, -0.05) is 24.3 Å². The van der Waals surface area contributed by atoms with Crippen LogP contribution < -0.4 is 15.8 Å². The molecule has 0 heterocycles. The summed E-state index contributed by atoms with van der Waals surface area (Å²) in [6.45, 7) is 2.00. The lowest BCUT2D eigenvalue weighted by molar-refractivity contribution is 0.417. The molecule has 0 amide bonds. The second-order valence-corrected chi connectivity index (χ2v) is 3.86. The summed E-state index contributed by atoms with van der Waals surface area (Å²) in [7, 11) is 3.52. The van der Waals surface area contributed by atoms with E-state index in [1.54, 1.807) is 7.11 Å². The molecule has 3 nitrogen and oxygen atoms in total. The highest BCUT2D eigenvalue weighted by Crippen LogP contribution is 2.20. The minimum absolute atomic E-state index is 0.697. The SMILES string of the molecule is CNc1ccccc1.COc1ccc(C)cc1N. The van der Waals surface area contributed by atoms with Crippen LogP contribution in [0.5, 0.6) is 5.75 Å². The highest BCUT2D eigenvalue weighted by molar-refractivity contribution is 5.53. The van der Waals surface area contributed by atoms with Gasteiger partial charge in [0.25, 0.3) is 0 Å². The van der Waals surface area contributed by atoms with Gasteiger partial charge in [-0.05, 0) is 36.8 Å². The first-order chi connectivity index (χ1) is 8.67. The van der Waals surface area contributed by atoms with Crippen molar-refractivity contribution in [2.75, 3.05) is 25.2 Å². The Morgan fingerprint density at radius 2 is 1.72 bits per heavy atom. The second kappa shape index (κ2) is 7.22. The molecule has 0 bridgehead atoms. The van der Waals surface area contributed by atoms with E-state index in [1.807, 2.05) is 62.5 Å². The van der Waals surface area contributed by atoms with Crippen LogP contribution >= 0.6 is 0 Å². The zero-order chi connectivity index (χ0) is 13.4. The van der Waals surface area contributed by atoms with Gasteiger partial charge in [-0.2, -0.15) is 0 Å². The summed E-state index contributed by atoms with van der Waals surface area (Å²) in [5.41, 5.74) is 8.61. The molecule has 0 saturated heterocycles. The van der Waals surface area contributed by atoms with Crippen LogP contribution in [0.15, 0.2) is 48.5 Å². The molecule has 0 aromatic heterocycles. The van der Waals surface area contributed by atoms with Crippen molar-refractivity contribution in [3.05, 3.63) is 54.1 Å². The lowest BCUT2D eigenvalue weighted by atomic mass is 10.2. The van der Waals surface area contributed by atoms with Crippen molar-refractivity contribution in [3.63, 3.8) is 0 Å². The standard InChI is InChI=1S/C8H11NO.C7H9N/c1-6-3-4-8(10-2)7(9)5-6;1-8-7-5-3-2-4-6-7/h3-5H,9H2,1-2H3;2-6,8H,1H3. The predicted molar refractivity (Wildman–Crippen MR) is 78.1 cm³/mol. The molecule has 0 aliphatic rings. The molecule has 0 saturated carbocycles. The number of nitrogens with two attached hydrogens (primary N) is 1. The quantitative estimate of drug-likeness (QED) is 0.797. The lowest BCUT2D eigenvalue weighted by Crippen LogP contribution is -1.91. The summed E-state index contributed by atoms with van der Waals surface area (Å²) in [5, 5.41) is 3.03. The third kappa shape index (κ3) is 4.37. The fourth-order valence-electron chi connectivity index (χ4n) is 1.46. The fourth-order valence-corrected chi connectivity index (χ4v) is 1.46. The maximum atomic E-state index is 5.61. The maximum Gasteiger partial charge on any atom is 0.141 e. The number of nitrogens with one attached hydrogen (secondary N) is 1. The Morgan fingerprint density at radius 3 is 2.17 bits per heavy atom. The molecule has 0 aliphatic carbocycles. The van der Waals surface area contributed by atoms with E-state index in [9.17, 15) is 0 Å². The molecular formula is C15H20N2O. The Bertz CT molecular complexity index is 469. The number of rotatable bonds is 2. The minimum Gasteiger partial charge on any atom is -0.495 e. The first-order valence-electron chi connectivity index (χ1n) is 5.80. The molecule has 0 aliphatic heterocycles. The summed E-state index contributed by atoms with van der Waals surface area (Å²) >= 11 is 0. The van der Waals surface area contributed by atoms with E-state index in [1.165, 1.54) is 0 Å². The number of aryl methyl sites for hydroxylation is 1. The molecule has 2 aromatic carbocycles. The van der Waals surface area contributed by atoms with Crippen molar-refractivity contribution in [3.8, 4) is 5.75 Å². The van der Waals surface area contributed by atoms with Crippen LogP contribution in [0.1, 0.15) is 5.56 Å². The van der Waals surface area contributed by atoms with Crippen LogP contribution in [0.4, 0.5) is 11.4 Å². The molecule has 18 heavy (non-hydrogen) atoms. The highest BCUT2D eigenvalue weighted by Gasteiger charge is 1.95. The van der Waals surface area contributed by atoms with Gasteiger partial charge in [0.1, 0.15) is 5.75 Å². The van der Waals surface area contributed by atoms with Crippen LogP contribution in [-0.2, 0) is 0 Å². The van der Waals surface area contributed by atoms with E-state index in [0.29, 0.717) is 5.69 Å². The third-order valence-corrected chi connectivity index (χ3v) is 2.45. The first kappa shape index (κ1) is 13.9. The van der Waals surface area contributed by atoms with Crippen molar-refractivity contribution in [1.82, 2.24) is 0 Å². The normalized spacial score (nSPS) is 9.06. The monoisotopic (exact) mass is 244 g/mol. The molecule has 0 spiro atoms. The van der Waals surface area contributed by atoms with E-state index in [0.717, 1.165) is 17.0 Å². The number of nitrogen functional groups attached to an aromatic ring is 1. The summed E-state index contributed by atoms with van der Waals surface area (Å²) in [4.78, 5) is 0. The fraction of sp³-hybridized carbons (Fsp3) is 0.200. The van der Waals surface area contributed by atoms with Crippen molar-refractivity contribution in [1.29, 1.82) is 0 Å². The van der Waals surface area contributed by atoms with Crippen LogP contribution in [0, 0.1) is 6.92 Å². The predicted octanol–water partition coefficient (Wildman–Crippen LogP) is 3.31. The second-order valence-electron chi connectivity index (χ2n) is 3.86. The zero-order valence-corrected chi connectivity index (χ0v) is 11.1. The number of para-hydroxylation sites is 1. The molecule has 0 unspecified atom stereocenters. The number of methoxy groups -OCH3 is 1. The number of benzene rings is 2. The molecule has 2 aromatic rings. The topological polar surface area (TPSA) is 47.3 Å². The van der Waals surface area contributed by atoms with Crippen molar-refractivity contribution >= 4 is 11.4 Å². The van der Waals surface area contributed by atoms with Gasteiger partial charge < -0.3 is 15.8 Å². The lowest BCUT2D eigenvalue weighted by Gasteiger charge is -2.03. The van der Waals surface area contributed by atoms with Crippen LogP contribution in [0.3, 0.4) is 0 Å². The Balaban J connectivity index is 0.000000184. The van der Waals surface area contributed by atoms with Crippen LogP contribution in [-0.4, -0.2) is 14.2 Å². The van der Waals surface area contributed by atoms with E-state index in [2.05, 4.69) is 5.32 Å². The minimum atomic E-state index is 0.697. The molecule has 3 heteroatoms. The van der Waals surface area contributed by atoms with Gasteiger partial charge in [-0.15, -0.1) is 0 Å².